The van der Waals surface area contributed by atoms with Crippen molar-refractivity contribution in [2.45, 2.75) is 31.1 Å². The number of nitrogens with two attached hydrogens (primary N) is 1. The van der Waals surface area contributed by atoms with Crippen molar-refractivity contribution in [3.8, 4) is 11.5 Å². The van der Waals surface area contributed by atoms with Gasteiger partial charge in [-0.05, 0) is 23.3 Å². The minimum atomic E-state index is -3.29. The van der Waals surface area contributed by atoms with Crippen LogP contribution in [-0.2, 0) is 21.0 Å². The maximum Gasteiger partial charge on any atom is 0.167 e. The van der Waals surface area contributed by atoms with Gasteiger partial charge in [0.2, 0.25) is 0 Å². The highest BCUT2D eigenvalue weighted by atomic mass is 32.2. The lowest BCUT2D eigenvalue weighted by atomic mass is 9.65. The molecule has 2 heterocycles. The van der Waals surface area contributed by atoms with Gasteiger partial charge in [-0.1, -0.05) is 38.1 Å². The monoisotopic (exact) mass is 402 g/mol. The van der Waals surface area contributed by atoms with E-state index in [1.165, 1.54) is 0 Å². The molecule has 2 aromatic rings. The zero-order valence-electron chi connectivity index (χ0n) is 16.4. The number of benzene rings is 2. The van der Waals surface area contributed by atoms with E-state index < -0.39 is 9.84 Å². The minimum absolute atomic E-state index is 0.0442. The number of methoxy groups -OCH3 is 1. The van der Waals surface area contributed by atoms with Crippen molar-refractivity contribution in [2.24, 2.45) is 11.7 Å². The summed E-state index contributed by atoms with van der Waals surface area (Å²) >= 11 is 0. The number of anilines is 1. The highest BCUT2D eigenvalue weighted by molar-refractivity contribution is 7.90. The summed E-state index contributed by atoms with van der Waals surface area (Å²) in [6.45, 7) is 4.95. The van der Waals surface area contributed by atoms with Gasteiger partial charge in [0, 0.05) is 22.6 Å². The molecule has 2 aliphatic heterocycles. The Morgan fingerprint density at radius 2 is 2.07 bits per heavy atom. The van der Waals surface area contributed by atoms with Crippen molar-refractivity contribution in [2.75, 3.05) is 24.9 Å². The topological polar surface area (TPSA) is 90.6 Å². The van der Waals surface area contributed by atoms with Crippen molar-refractivity contribution in [1.29, 1.82) is 0 Å². The van der Waals surface area contributed by atoms with Crippen LogP contribution in [0.25, 0.3) is 0 Å². The van der Waals surface area contributed by atoms with Crippen LogP contribution < -0.4 is 20.5 Å². The molecule has 4 rings (SSSR count). The van der Waals surface area contributed by atoms with Crippen LogP contribution in [-0.4, -0.2) is 28.0 Å². The van der Waals surface area contributed by atoms with Gasteiger partial charge in [0.25, 0.3) is 0 Å². The number of hydrogen-bond acceptors (Lipinski definition) is 6. The third-order valence-corrected chi connectivity index (χ3v) is 7.31. The third-order valence-electron chi connectivity index (χ3n) is 6.03. The first-order chi connectivity index (χ1) is 13.3. The Kier molecular flexibility index (Phi) is 4.55. The van der Waals surface area contributed by atoms with Crippen LogP contribution in [0, 0.1) is 5.92 Å². The highest BCUT2D eigenvalue weighted by Crippen LogP contribution is 2.53. The fourth-order valence-electron chi connectivity index (χ4n) is 4.40. The van der Waals surface area contributed by atoms with E-state index in [0.29, 0.717) is 6.61 Å². The molecule has 7 heteroatoms. The normalized spacial score (nSPS) is 22.1. The Hall–Kier alpha value is -2.25. The molecule has 28 heavy (non-hydrogen) atoms. The number of rotatable bonds is 4. The average Bonchev–Trinajstić information content (AvgIpc) is 2.67. The van der Waals surface area contributed by atoms with Gasteiger partial charge in [0.15, 0.2) is 21.3 Å². The fourth-order valence-corrected chi connectivity index (χ4v) is 5.21. The Balaban J connectivity index is 1.76. The van der Waals surface area contributed by atoms with E-state index in [-0.39, 0.29) is 29.0 Å². The van der Waals surface area contributed by atoms with Crippen molar-refractivity contribution in [3.05, 3.63) is 53.1 Å². The first kappa shape index (κ1) is 19.1. The molecule has 0 aromatic heterocycles. The second-order valence-electron chi connectivity index (χ2n) is 8.07. The molecular formula is C21H26N2O4S. The molecule has 2 aliphatic rings. The van der Waals surface area contributed by atoms with E-state index in [1.807, 2.05) is 30.3 Å². The van der Waals surface area contributed by atoms with Crippen LogP contribution in [0.3, 0.4) is 0 Å². The smallest absolute Gasteiger partial charge is 0.167 e. The molecule has 0 radical (unpaired) electrons. The van der Waals surface area contributed by atoms with Gasteiger partial charge in [-0.2, -0.15) is 0 Å². The molecule has 6 nitrogen and oxygen atoms in total. The quantitative estimate of drug-likeness (QED) is 0.817. The lowest BCUT2D eigenvalue weighted by Gasteiger charge is -2.48. The predicted molar refractivity (Wildman–Crippen MR) is 109 cm³/mol. The third kappa shape index (κ3) is 3.02. The summed E-state index contributed by atoms with van der Waals surface area (Å²) in [7, 11) is -1.64. The van der Waals surface area contributed by atoms with Crippen molar-refractivity contribution in [1.82, 2.24) is 0 Å². The molecule has 2 unspecified atom stereocenters. The summed E-state index contributed by atoms with van der Waals surface area (Å²) in [5, 5.41) is 3.66. The van der Waals surface area contributed by atoms with Gasteiger partial charge in [0.1, 0.15) is 0 Å². The highest BCUT2D eigenvalue weighted by Gasteiger charge is 2.46. The van der Waals surface area contributed by atoms with E-state index in [1.54, 1.807) is 7.11 Å². The van der Waals surface area contributed by atoms with Gasteiger partial charge in [-0.15, -0.1) is 0 Å². The SMILES string of the molecule is COc1cccc2c1OCC1C2Nc2ccc(CS(=O)(=O)CN)cc2C1(C)C. The molecule has 0 spiro atoms. The molecule has 0 amide bonds. The van der Waals surface area contributed by atoms with E-state index in [4.69, 9.17) is 15.2 Å². The largest absolute Gasteiger partial charge is 0.493 e. The van der Waals surface area contributed by atoms with Crippen LogP contribution in [0.1, 0.15) is 36.6 Å². The van der Waals surface area contributed by atoms with Crippen molar-refractivity contribution >= 4 is 15.5 Å². The predicted octanol–water partition coefficient (Wildman–Crippen LogP) is 2.98. The first-order valence-corrected chi connectivity index (χ1v) is 11.2. The molecule has 0 bridgehead atoms. The lowest BCUT2D eigenvalue weighted by Crippen LogP contribution is -2.46. The van der Waals surface area contributed by atoms with Gasteiger partial charge < -0.3 is 20.5 Å². The molecule has 2 aromatic carbocycles. The van der Waals surface area contributed by atoms with Gasteiger partial charge in [-0.3, -0.25) is 0 Å². The molecule has 0 saturated carbocycles. The molecular weight excluding hydrogens is 376 g/mol. The number of para-hydroxylation sites is 1. The second-order valence-corrected chi connectivity index (χ2v) is 10.2. The van der Waals surface area contributed by atoms with E-state index >= 15 is 0 Å². The van der Waals surface area contributed by atoms with Gasteiger partial charge in [-0.25, -0.2) is 8.42 Å². The number of nitrogens with one attached hydrogen (secondary N) is 1. The summed E-state index contributed by atoms with van der Waals surface area (Å²) in [6.07, 6.45) is 0. The molecule has 3 N–H and O–H groups in total. The number of ether oxygens (including phenoxy) is 2. The molecule has 2 atom stereocenters. The van der Waals surface area contributed by atoms with Crippen LogP contribution in [0.4, 0.5) is 5.69 Å². The number of fused-ring (bicyclic) bond motifs is 4. The zero-order valence-corrected chi connectivity index (χ0v) is 17.2. The van der Waals surface area contributed by atoms with Crippen LogP contribution in [0.2, 0.25) is 0 Å². The summed E-state index contributed by atoms with van der Waals surface area (Å²) < 4.78 is 35.5. The standard InChI is InChI=1S/C21H26N2O4S/c1-21(2)15-9-13(11-28(24,25)12-22)7-8-17(15)23-19-14-5-4-6-18(26-3)20(14)27-10-16(19)21/h4-9,16,19,23H,10-12,22H2,1-3H3. The minimum Gasteiger partial charge on any atom is -0.493 e. The summed E-state index contributed by atoms with van der Waals surface area (Å²) in [4.78, 5) is 0. The molecule has 0 saturated heterocycles. The Labute approximate surface area is 166 Å². The maximum absolute atomic E-state index is 12.0. The fraction of sp³-hybridized carbons (Fsp3) is 0.429. The molecule has 150 valence electrons. The van der Waals surface area contributed by atoms with E-state index in [2.05, 4.69) is 25.2 Å². The summed E-state index contributed by atoms with van der Waals surface area (Å²) in [6, 6.07) is 11.9. The van der Waals surface area contributed by atoms with Crippen LogP contribution in [0.15, 0.2) is 36.4 Å². The Bertz CT molecular complexity index is 1020. The van der Waals surface area contributed by atoms with Crippen molar-refractivity contribution < 1.29 is 17.9 Å². The van der Waals surface area contributed by atoms with Crippen molar-refractivity contribution in [3.63, 3.8) is 0 Å². The van der Waals surface area contributed by atoms with E-state index in [0.717, 1.165) is 33.9 Å². The Morgan fingerprint density at radius 3 is 2.79 bits per heavy atom. The lowest BCUT2D eigenvalue weighted by molar-refractivity contribution is 0.131. The molecule has 0 aliphatic carbocycles. The first-order valence-electron chi connectivity index (χ1n) is 9.37. The van der Waals surface area contributed by atoms with Gasteiger partial charge >= 0.3 is 0 Å². The molecule has 0 fully saturated rings. The number of sulfone groups is 1. The zero-order chi connectivity index (χ0) is 20.1. The summed E-state index contributed by atoms with van der Waals surface area (Å²) in [5.74, 6) is 1.34. The van der Waals surface area contributed by atoms with Crippen LogP contribution >= 0.6 is 0 Å². The Morgan fingerprint density at radius 1 is 1.29 bits per heavy atom. The van der Waals surface area contributed by atoms with Crippen LogP contribution in [0.5, 0.6) is 11.5 Å². The number of hydrogen-bond donors (Lipinski definition) is 2. The average molecular weight is 403 g/mol. The second kappa shape index (κ2) is 6.67. The summed E-state index contributed by atoms with van der Waals surface area (Å²) in [5.41, 5.74) is 9.15. The van der Waals surface area contributed by atoms with Gasteiger partial charge in [0.05, 0.1) is 31.4 Å². The van der Waals surface area contributed by atoms with E-state index in [9.17, 15) is 8.42 Å². The maximum atomic E-state index is 12.0.